The van der Waals surface area contributed by atoms with Gasteiger partial charge in [-0.2, -0.15) is 22.5 Å². The van der Waals surface area contributed by atoms with Crippen LogP contribution in [0.1, 0.15) is 5.56 Å². The predicted molar refractivity (Wildman–Crippen MR) is 79.4 cm³/mol. The summed E-state index contributed by atoms with van der Waals surface area (Å²) in [7, 11) is -1.99. The number of amides is 4. The molecule has 2 N–H and O–H groups in total. The summed E-state index contributed by atoms with van der Waals surface area (Å²) in [6.45, 7) is 0. The van der Waals surface area contributed by atoms with Crippen LogP contribution in [0, 0.1) is 0 Å². The Labute approximate surface area is 136 Å². The Kier molecular flexibility index (Phi) is 4.28. The summed E-state index contributed by atoms with van der Waals surface area (Å²) in [6.07, 6.45) is -5.19. The van der Waals surface area contributed by atoms with Gasteiger partial charge in [0.25, 0.3) is 5.28 Å². The van der Waals surface area contributed by atoms with Gasteiger partial charge in [0.05, 0.1) is 14.1 Å². The van der Waals surface area contributed by atoms with Crippen LogP contribution in [0.15, 0.2) is 30.3 Å². The fraction of sp³-hybridized carbons (Fsp3) is 0.385. The summed E-state index contributed by atoms with van der Waals surface area (Å²) < 4.78 is 42.6. The summed E-state index contributed by atoms with van der Waals surface area (Å²) in [4.78, 5) is 38.3. The molecule has 1 saturated heterocycles. The molecule has 11 heteroatoms. The van der Waals surface area contributed by atoms with Crippen molar-refractivity contribution in [2.24, 2.45) is 5.73 Å². The zero-order valence-corrected chi connectivity index (χ0v) is 14.0. The lowest BCUT2D eigenvalue weighted by Crippen LogP contribution is -2.68. The van der Waals surface area contributed by atoms with E-state index < -0.39 is 36.9 Å². The zero-order chi connectivity index (χ0) is 18.5. The van der Waals surface area contributed by atoms with Crippen molar-refractivity contribution in [2.75, 3.05) is 21.1 Å². The Morgan fingerprint density at radius 3 is 1.79 bits per heavy atom. The van der Waals surface area contributed by atoms with Gasteiger partial charge in [0.15, 0.2) is 7.79 Å². The van der Waals surface area contributed by atoms with E-state index in [4.69, 9.17) is 5.73 Å². The van der Waals surface area contributed by atoms with Crippen molar-refractivity contribution in [3.63, 3.8) is 0 Å². The lowest BCUT2D eigenvalue weighted by molar-refractivity contribution is -0.228. The van der Waals surface area contributed by atoms with E-state index in [1.165, 1.54) is 18.2 Å². The molecule has 0 aromatic heterocycles. The molecule has 1 fully saturated rings. The van der Waals surface area contributed by atoms with Gasteiger partial charge in [-0.05, 0) is 0 Å². The third kappa shape index (κ3) is 2.17. The maximum Gasteiger partial charge on any atom is 0.450 e. The highest BCUT2D eigenvalue weighted by Gasteiger charge is 2.75. The van der Waals surface area contributed by atoms with Crippen LogP contribution in [0.3, 0.4) is 0 Å². The van der Waals surface area contributed by atoms with E-state index in [9.17, 15) is 27.7 Å². The number of imide groups is 1. The Hall–Kier alpha value is -1.90. The van der Waals surface area contributed by atoms with Crippen molar-refractivity contribution in [1.29, 1.82) is 0 Å². The number of hydrogen-bond donors (Lipinski definition) is 1. The SMILES string of the molecule is CN1C(=O)N(C)[P+]([O-])(C(N)(c2ccccc2)C(F)(F)F)N(C)C1=O. The van der Waals surface area contributed by atoms with Crippen LogP contribution in [0.5, 0.6) is 0 Å². The third-order valence-corrected chi connectivity index (χ3v) is 7.45. The van der Waals surface area contributed by atoms with Crippen LogP contribution >= 0.6 is 7.79 Å². The largest absolute Gasteiger partial charge is 0.640 e. The van der Waals surface area contributed by atoms with E-state index >= 15 is 0 Å². The average molecular weight is 364 g/mol. The van der Waals surface area contributed by atoms with Crippen molar-refractivity contribution in [1.82, 2.24) is 14.2 Å². The Balaban J connectivity index is 2.78. The highest BCUT2D eigenvalue weighted by atomic mass is 31.2. The van der Waals surface area contributed by atoms with E-state index in [2.05, 4.69) is 0 Å². The second-order valence-corrected chi connectivity index (χ2v) is 8.34. The molecule has 2 rings (SSSR count). The number of carbonyl (C=O) groups excluding carboxylic acids is 2. The first-order chi connectivity index (χ1) is 10.9. The quantitative estimate of drug-likeness (QED) is 0.806. The monoisotopic (exact) mass is 364 g/mol. The first-order valence-corrected chi connectivity index (χ1v) is 8.33. The van der Waals surface area contributed by atoms with Crippen molar-refractivity contribution >= 4 is 19.9 Å². The fourth-order valence-electron chi connectivity index (χ4n) is 2.61. The molecule has 1 unspecified atom stereocenters. The molecule has 1 aromatic carbocycles. The summed E-state index contributed by atoms with van der Waals surface area (Å²) in [5.41, 5.74) is 5.15. The summed E-state index contributed by atoms with van der Waals surface area (Å²) in [5, 5.41) is -3.43. The van der Waals surface area contributed by atoms with E-state index in [-0.39, 0.29) is 0 Å². The number of nitrogens with zero attached hydrogens (tertiary/aromatic N) is 3. The van der Waals surface area contributed by atoms with Crippen LogP contribution in [0.4, 0.5) is 22.8 Å². The minimum Gasteiger partial charge on any atom is -0.640 e. The molecule has 1 aliphatic heterocycles. The Bertz CT molecular complexity index is 650. The van der Waals surface area contributed by atoms with Crippen LogP contribution < -0.4 is 10.6 Å². The predicted octanol–water partition coefficient (Wildman–Crippen LogP) is 1.53. The van der Waals surface area contributed by atoms with Gasteiger partial charge in [-0.1, -0.05) is 30.3 Å². The smallest absolute Gasteiger partial charge is 0.450 e. The molecule has 0 saturated carbocycles. The minimum atomic E-state index is -5.19. The molecule has 132 valence electrons. The van der Waals surface area contributed by atoms with Gasteiger partial charge >= 0.3 is 18.2 Å². The molecule has 1 heterocycles. The molecular formula is C13H16F3N4O3P. The van der Waals surface area contributed by atoms with Crippen molar-refractivity contribution in [3.05, 3.63) is 35.9 Å². The van der Waals surface area contributed by atoms with Gasteiger partial charge in [0, 0.05) is 12.6 Å². The maximum absolute atomic E-state index is 13.9. The number of benzene rings is 1. The zero-order valence-electron chi connectivity index (χ0n) is 13.1. The number of urea groups is 2. The van der Waals surface area contributed by atoms with E-state index in [1.807, 2.05) is 0 Å². The molecule has 0 aliphatic carbocycles. The molecule has 0 spiro atoms. The van der Waals surface area contributed by atoms with Crippen molar-refractivity contribution < 1.29 is 27.7 Å². The van der Waals surface area contributed by atoms with Gasteiger partial charge in [-0.3, -0.25) is 5.73 Å². The highest BCUT2D eigenvalue weighted by Crippen LogP contribution is 2.73. The molecule has 7 nitrogen and oxygen atoms in total. The molecular weight excluding hydrogens is 348 g/mol. The Morgan fingerprint density at radius 1 is 1.00 bits per heavy atom. The van der Waals surface area contributed by atoms with Gasteiger partial charge in [0.2, 0.25) is 0 Å². The standard InChI is InChI=1S/C13H16F3N4O3P/c1-18-10(21)19(2)24(23,20(3)11(18)22)12(17,13(14,15)16)9-7-5-4-6-8-9/h4-8H,17H2,1-3H3. The summed E-state index contributed by atoms with van der Waals surface area (Å²) in [6, 6.07) is 3.93. The second-order valence-electron chi connectivity index (χ2n) is 5.35. The summed E-state index contributed by atoms with van der Waals surface area (Å²) >= 11 is 0. The first-order valence-electron chi connectivity index (χ1n) is 6.72. The molecule has 1 aromatic rings. The van der Waals surface area contributed by atoms with E-state index in [1.54, 1.807) is 0 Å². The molecule has 1 atom stereocenters. The first kappa shape index (κ1) is 18.4. The molecule has 1 aliphatic rings. The Morgan fingerprint density at radius 2 is 1.42 bits per heavy atom. The van der Waals surface area contributed by atoms with Gasteiger partial charge in [-0.15, -0.1) is 0 Å². The van der Waals surface area contributed by atoms with Gasteiger partial charge < -0.3 is 4.89 Å². The van der Waals surface area contributed by atoms with Gasteiger partial charge in [-0.25, -0.2) is 14.5 Å². The average Bonchev–Trinajstić information content (AvgIpc) is 2.55. The highest BCUT2D eigenvalue weighted by molar-refractivity contribution is 7.67. The lowest BCUT2D eigenvalue weighted by atomic mass is 10.1. The van der Waals surface area contributed by atoms with Crippen LogP contribution in [0.2, 0.25) is 0 Å². The number of halogens is 3. The topological polar surface area (TPSA) is 92.9 Å². The summed E-state index contributed by atoms with van der Waals surface area (Å²) in [5.74, 6) is 0. The molecule has 4 amide bonds. The molecule has 0 bridgehead atoms. The normalized spacial score (nSPS) is 21.1. The third-order valence-electron chi connectivity index (χ3n) is 4.05. The number of nitrogens with two attached hydrogens (primary N) is 1. The van der Waals surface area contributed by atoms with Crippen LogP contribution in [-0.4, -0.2) is 53.6 Å². The van der Waals surface area contributed by atoms with Crippen molar-refractivity contribution in [3.8, 4) is 0 Å². The van der Waals surface area contributed by atoms with Crippen LogP contribution in [-0.2, 0) is 5.28 Å². The van der Waals surface area contributed by atoms with Crippen LogP contribution in [0.25, 0.3) is 0 Å². The number of hydrogen-bond acceptors (Lipinski definition) is 4. The van der Waals surface area contributed by atoms with E-state index in [0.717, 1.165) is 33.3 Å². The lowest BCUT2D eigenvalue weighted by Gasteiger charge is -2.55. The van der Waals surface area contributed by atoms with E-state index in [0.29, 0.717) is 14.2 Å². The molecule has 24 heavy (non-hydrogen) atoms. The second kappa shape index (κ2) is 5.58. The van der Waals surface area contributed by atoms with Gasteiger partial charge in [0.1, 0.15) is 0 Å². The minimum absolute atomic E-state index is 0.398. The number of rotatable bonds is 2. The maximum atomic E-state index is 13.9. The fourth-order valence-corrected chi connectivity index (χ4v) is 5.51. The molecule has 0 radical (unpaired) electrons. The van der Waals surface area contributed by atoms with Crippen molar-refractivity contribution in [2.45, 2.75) is 11.5 Å². The number of carbonyl (C=O) groups is 2. The number of alkyl halides is 3.